The van der Waals surface area contributed by atoms with E-state index in [4.69, 9.17) is 12.3 Å². The molecule has 0 aromatic heterocycles. The van der Waals surface area contributed by atoms with Crippen molar-refractivity contribution in [2.75, 3.05) is 0 Å². The van der Waals surface area contributed by atoms with Crippen molar-refractivity contribution < 1.29 is 12.3 Å². The van der Waals surface area contributed by atoms with Gasteiger partial charge in [-0.1, -0.05) is 0 Å². The Labute approximate surface area is 54.7 Å². The minimum Gasteiger partial charge on any atom is -0.414 e. The van der Waals surface area contributed by atoms with Crippen molar-refractivity contribution in [3.05, 3.63) is 0 Å². The average molecular weight is 162 g/mol. The highest BCUT2D eigenvalue weighted by molar-refractivity contribution is 6.74. The van der Waals surface area contributed by atoms with Crippen LogP contribution in [-0.4, -0.2) is 28.6 Å². The first kappa shape index (κ1) is 6.65. The Morgan fingerprint density at radius 1 is 1.12 bits per heavy atom. The molecule has 6 heteroatoms. The van der Waals surface area contributed by atoms with Gasteiger partial charge in [-0.05, 0) is 13.1 Å². The van der Waals surface area contributed by atoms with Crippen molar-refractivity contribution in [2.45, 2.75) is 13.1 Å². The highest BCUT2D eigenvalue weighted by atomic mass is 28.5. The van der Waals surface area contributed by atoms with Crippen molar-refractivity contribution in [3.8, 4) is 0 Å². The second kappa shape index (κ2) is 2.42. The fourth-order valence-electron chi connectivity index (χ4n) is 0.280. The summed E-state index contributed by atoms with van der Waals surface area (Å²) in [5.74, 6) is 0. The summed E-state index contributed by atoms with van der Waals surface area (Å²) in [7, 11) is -1.29. The second-order valence-corrected chi connectivity index (χ2v) is 7.46. The maximum absolute atomic E-state index is 5.19. The molecular formula is C2H6O3Si3. The standard InChI is InChI=1S/C2H6O3Si3/c1-8(2)4-6-3-7-5-8/h1-2H3. The lowest BCUT2D eigenvalue weighted by atomic mass is 11.9. The van der Waals surface area contributed by atoms with Gasteiger partial charge in [0.05, 0.1) is 0 Å². The molecule has 0 atom stereocenters. The van der Waals surface area contributed by atoms with E-state index in [1.165, 1.54) is 0 Å². The Bertz CT molecular complexity index is 76.6. The quantitative estimate of drug-likeness (QED) is 0.463. The SMILES string of the molecule is C[Si]1(C)O[Si]O[Si]O1. The summed E-state index contributed by atoms with van der Waals surface area (Å²) < 4.78 is 15.2. The predicted octanol–water partition coefficient (Wildman–Crippen LogP) is -0.180. The molecule has 3 nitrogen and oxygen atoms in total. The smallest absolute Gasteiger partial charge is 0.412 e. The van der Waals surface area contributed by atoms with Crippen LogP contribution in [-0.2, 0) is 12.3 Å². The van der Waals surface area contributed by atoms with Crippen molar-refractivity contribution in [1.82, 2.24) is 0 Å². The van der Waals surface area contributed by atoms with Crippen LogP contribution in [0.25, 0.3) is 0 Å². The van der Waals surface area contributed by atoms with Gasteiger partial charge in [0.15, 0.2) is 0 Å². The highest BCUT2D eigenvalue weighted by Crippen LogP contribution is 2.07. The van der Waals surface area contributed by atoms with Gasteiger partial charge in [0.25, 0.3) is 0 Å². The summed E-state index contributed by atoms with van der Waals surface area (Å²) in [6.45, 7) is 4.02. The monoisotopic (exact) mass is 162 g/mol. The van der Waals surface area contributed by atoms with E-state index in [-0.39, 0.29) is 20.0 Å². The first-order chi connectivity index (χ1) is 3.71. The highest BCUT2D eigenvalue weighted by Gasteiger charge is 2.29. The van der Waals surface area contributed by atoms with Gasteiger partial charge in [-0.25, -0.2) is 0 Å². The van der Waals surface area contributed by atoms with Gasteiger partial charge in [0.1, 0.15) is 0 Å². The summed E-state index contributed by atoms with van der Waals surface area (Å²) in [6.07, 6.45) is 0. The Morgan fingerprint density at radius 2 is 1.62 bits per heavy atom. The maximum Gasteiger partial charge on any atom is 0.412 e. The fourth-order valence-corrected chi connectivity index (χ4v) is 3.65. The van der Waals surface area contributed by atoms with E-state index in [2.05, 4.69) is 0 Å². The molecule has 0 unspecified atom stereocenters. The van der Waals surface area contributed by atoms with Crippen molar-refractivity contribution in [3.63, 3.8) is 0 Å². The molecule has 0 amide bonds. The molecule has 0 spiro atoms. The van der Waals surface area contributed by atoms with E-state index in [9.17, 15) is 0 Å². The van der Waals surface area contributed by atoms with Crippen molar-refractivity contribution in [1.29, 1.82) is 0 Å². The van der Waals surface area contributed by atoms with E-state index in [1.807, 2.05) is 13.1 Å². The van der Waals surface area contributed by atoms with Crippen LogP contribution in [0.4, 0.5) is 0 Å². The average Bonchev–Trinajstić information content (AvgIpc) is 1.65. The molecule has 1 aliphatic heterocycles. The van der Waals surface area contributed by atoms with Crippen LogP contribution in [0, 0.1) is 0 Å². The molecule has 1 rings (SSSR count). The molecule has 0 N–H and O–H groups in total. The fraction of sp³-hybridized carbons (Fsp3) is 1.00. The third-order valence-corrected chi connectivity index (χ3v) is 5.92. The second-order valence-electron chi connectivity index (χ2n) is 1.87. The van der Waals surface area contributed by atoms with Crippen LogP contribution in [0.5, 0.6) is 0 Å². The van der Waals surface area contributed by atoms with Gasteiger partial charge >= 0.3 is 28.6 Å². The molecule has 0 aromatic rings. The first-order valence-corrected chi connectivity index (χ1v) is 6.67. The molecule has 0 saturated carbocycles. The van der Waals surface area contributed by atoms with Gasteiger partial charge in [-0.2, -0.15) is 0 Å². The van der Waals surface area contributed by atoms with E-state index in [1.54, 1.807) is 0 Å². The summed E-state index contributed by atoms with van der Waals surface area (Å²) >= 11 is 0. The zero-order chi connectivity index (χ0) is 6.04. The van der Waals surface area contributed by atoms with Gasteiger partial charge in [0.2, 0.25) is 0 Å². The molecule has 1 saturated heterocycles. The molecule has 8 heavy (non-hydrogen) atoms. The zero-order valence-electron chi connectivity index (χ0n) is 4.72. The lowest BCUT2D eigenvalue weighted by Gasteiger charge is -2.25. The first-order valence-electron chi connectivity index (χ1n) is 2.22. The van der Waals surface area contributed by atoms with Crippen LogP contribution >= 0.6 is 0 Å². The summed E-state index contributed by atoms with van der Waals surface area (Å²) in [6, 6.07) is 0. The third-order valence-electron chi connectivity index (χ3n) is 0.658. The van der Waals surface area contributed by atoms with E-state index >= 15 is 0 Å². The Kier molecular flexibility index (Phi) is 2.01. The van der Waals surface area contributed by atoms with Crippen LogP contribution in [0.3, 0.4) is 0 Å². The molecular weight excluding hydrogens is 156 g/mol. The molecule has 0 bridgehead atoms. The van der Waals surface area contributed by atoms with E-state index in [0.717, 1.165) is 0 Å². The van der Waals surface area contributed by atoms with Gasteiger partial charge in [-0.3, -0.25) is 0 Å². The molecule has 1 aliphatic rings. The van der Waals surface area contributed by atoms with Crippen LogP contribution in [0.15, 0.2) is 0 Å². The number of rotatable bonds is 0. The van der Waals surface area contributed by atoms with Crippen molar-refractivity contribution in [2.24, 2.45) is 0 Å². The predicted molar refractivity (Wildman–Crippen MR) is 32.2 cm³/mol. The van der Waals surface area contributed by atoms with Crippen LogP contribution in [0.2, 0.25) is 13.1 Å². The summed E-state index contributed by atoms with van der Waals surface area (Å²) in [5, 5.41) is 0. The molecule has 0 aliphatic carbocycles. The lowest BCUT2D eigenvalue weighted by Crippen LogP contribution is -2.43. The van der Waals surface area contributed by atoms with Crippen LogP contribution < -0.4 is 0 Å². The largest absolute Gasteiger partial charge is 0.414 e. The summed E-state index contributed by atoms with van der Waals surface area (Å²) in [5.41, 5.74) is 0. The van der Waals surface area contributed by atoms with E-state index in [0.29, 0.717) is 0 Å². The third kappa shape index (κ3) is 1.80. The zero-order valence-corrected chi connectivity index (χ0v) is 7.72. The molecule has 4 radical (unpaired) electrons. The Hall–Kier alpha value is 0.531. The Morgan fingerprint density at radius 3 is 1.88 bits per heavy atom. The number of hydrogen-bond acceptors (Lipinski definition) is 3. The Balaban J connectivity index is 2.33. The van der Waals surface area contributed by atoms with Gasteiger partial charge < -0.3 is 12.3 Å². The molecule has 1 heterocycles. The number of hydrogen-bond donors (Lipinski definition) is 0. The normalized spacial score (nSPS) is 27.8. The lowest BCUT2D eigenvalue weighted by molar-refractivity contribution is 0.307. The minimum absolute atomic E-state index is 0.202. The topological polar surface area (TPSA) is 27.7 Å². The van der Waals surface area contributed by atoms with Gasteiger partial charge in [0, 0.05) is 0 Å². The van der Waals surface area contributed by atoms with Gasteiger partial charge in [-0.15, -0.1) is 0 Å². The molecule has 1 fully saturated rings. The minimum atomic E-state index is -1.69. The van der Waals surface area contributed by atoms with E-state index < -0.39 is 8.56 Å². The van der Waals surface area contributed by atoms with Crippen LogP contribution in [0.1, 0.15) is 0 Å². The summed E-state index contributed by atoms with van der Waals surface area (Å²) in [4.78, 5) is 0. The maximum atomic E-state index is 5.19. The van der Waals surface area contributed by atoms with Crippen molar-refractivity contribution >= 4 is 28.6 Å². The molecule has 0 aromatic carbocycles. The molecule has 44 valence electrons.